The molecule has 1 aromatic heterocycles. The van der Waals surface area contributed by atoms with Gasteiger partial charge in [0, 0.05) is 18.7 Å². The van der Waals surface area contributed by atoms with Gasteiger partial charge in [-0.3, -0.25) is 4.68 Å². The van der Waals surface area contributed by atoms with Crippen LogP contribution in [0.4, 0.5) is 0 Å². The lowest BCUT2D eigenvalue weighted by Crippen LogP contribution is -2.27. The Kier molecular flexibility index (Phi) is 6.92. The quantitative estimate of drug-likeness (QED) is 0.762. The van der Waals surface area contributed by atoms with Gasteiger partial charge in [0.05, 0.1) is 11.7 Å². The summed E-state index contributed by atoms with van der Waals surface area (Å²) in [6.45, 7) is 13.6. The zero-order valence-corrected chi connectivity index (χ0v) is 14.9. The molecule has 2 unspecified atom stereocenters. The minimum atomic E-state index is 0.215. The van der Waals surface area contributed by atoms with Crippen LogP contribution in [-0.4, -0.2) is 15.8 Å². The van der Waals surface area contributed by atoms with Crippen LogP contribution in [0.15, 0.2) is 12.3 Å². The van der Waals surface area contributed by atoms with E-state index in [4.69, 9.17) is 10.8 Å². The molecule has 0 fully saturated rings. The maximum absolute atomic E-state index is 6.33. The Bertz CT molecular complexity index is 399. The van der Waals surface area contributed by atoms with Gasteiger partial charge in [0.2, 0.25) is 0 Å². The second-order valence-electron chi connectivity index (χ2n) is 7.83. The van der Waals surface area contributed by atoms with Gasteiger partial charge in [-0.2, -0.15) is 5.10 Å². The summed E-state index contributed by atoms with van der Waals surface area (Å²) in [5.74, 6) is 0.668. The van der Waals surface area contributed by atoms with E-state index in [0.717, 1.165) is 31.4 Å². The molecule has 21 heavy (non-hydrogen) atoms. The monoisotopic (exact) mass is 293 g/mol. The molecule has 0 saturated heterocycles. The van der Waals surface area contributed by atoms with Crippen molar-refractivity contribution in [1.29, 1.82) is 0 Å². The van der Waals surface area contributed by atoms with Crippen molar-refractivity contribution in [2.24, 2.45) is 17.1 Å². The molecule has 1 aromatic rings. The van der Waals surface area contributed by atoms with E-state index in [1.807, 2.05) is 0 Å². The summed E-state index contributed by atoms with van der Waals surface area (Å²) >= 11 is 0. The lowest BCUT2D eigenvalue weighted by molar-refractivity contribution is 0.285. The molecule has 1 rings (SSSR count). The zero-order valence-electron chi connectivity index (χ0n) is 14.9. The third kappa shape index (κ3) is 6.64. The molecule has 0 amide bonds. The Morgan fingerprint density at radius 1 is 1.24 bits per heavy atom. The summed E-state index contributed by atoms with van der Waals surface area (Å²) in [5.41, 5.74) is 7.85. The largest absolute Gasteiger partial charge is 0.327 e. The van der Waals surface area contributed by atoms with Crippen LogP contribution in [0.5, 0.6) is 0 Å². The van der Waals surface area contributed by atoms with Crippen molar-refractivity contribution < 1.29 is 0 Å². The summed E-state index contributed by atoms with van der Waals surface area (Å²) in [6, 6.07) is 2.87. The Hall–Kier alpha value is -0.830. The van der Waals surface area contributed by atoms with E-state index in [-0.39, 0.29) is 6.04 Å². The van der Waals surface area contributed by atoms with Crippen LogP contribution >= 0.6 is 0 Å². The number of rotatable bonds is 8. The van der Waals surface area contributed by atoms with E-state index >= 15 is 0 Å². The molecule has 122 valence electrons. The molecule has 0 aliphatic heterocycles. The fourth-order valence-electron chi connectivity index (χ4n) is 3.35. The van der Waals surface area contributed by atoms with Gasteiger partial charge in [-0.1, -0.05) is 41.5 Å². The third-order valence-corrected chi connectivity index (χ3v) is 4.12. The van der Waals surface area contributed by atoms with Crippen LogP contribution in [0.3, 0.4) is 0 Å². The molecule has 0 saturated carbocycles. The van der Waals surface area contributed by atoms with Crippen LogP contribution in [0.1, 0.15) is 79.0 Å². The van der Waals surface area contributed by atoms with Crippen molar-refractivity contribution in [3.05, 3.63) is 18.0 Å². The minimum absolute atomic E-state index is 0.215. The van der Waals surface area contributed by atoms with Crippen LogP contribution in [0, 0.1) is 11.3 Å². The molecular formula is C18H35N3. The molecule has 3 nitrogen and oxygen atoms in total. The lowest BCUT2D eigenvalue weighted by atomic mass is 9.82. The zero-order chi connectivity index (χ0) is 16.0. The maximum atomic E-state index is 6.33. The van der Waals surface area contributed by atoms with Gasteiger partial charge in [-0.25, -0.2) is 0 Å². The smallest absolute Gasteiger partial charge is 0.0640 e. The van der Waals surface area contributed by atoms with E-state index in [1.165, 1.54) is 6.42 Å². The summed E-state index contributed by atoms with van der Waals surface area (Å²) < 4.78 is 2.11. The predicted molar refractivity (Wildman–Crippen MR) is 91.4 cm³/mol. The van der Waals surface area contributed by atoms with Gasteiger partial charge in [0.1, 0.15) is 0 Å². The number of nitrogens with two attached hydrogens (primary N) is 1. The van der Waals surface area contributed by atoms with Crippen molar-refractivity contribution >= 4 is 0 Å². The van der Waals surface area contributed by atoms with Crippen molar-refractivity contribution in [2.45, 2.75) is 85.7 Å². The molecule has 0 aliphatic rings. The molecule has 2 N–H and O–H groups in total. The normalized spacial score (nSPS) is 15.4. The van der Waals surface area contributed by atoms with Gasteiger partial charge >= 0.3 is 0 Å². The number of hydrogen-bond acceptors (Lipinski definition) is 2. The van der Waals surface area contributed by atoms with E-state index in [2.05, 4.69) is 58.5 Å². The van der Waals surface area contributed by atoms with Crippen LogP contribution in [-0.2, 0) is 6.42 Å². The van der Waals surface area contributed by atoms with E-state index in [9.17, 15) is 0 Å². The fourth-order valence-corrected chi connectivity index (χ4v) is 3.35. The highest BCUT2D eigenvalue weighted by Crippen LogP contribution is 2.26. The van der Waals surface area contributed by atoms with E-state index < -0.39 is 0 Å². The Morgan fingerprint density at radius 3 is 2.38 bits per heavy atom. The number of nitrogens with zero attached hydrogens (tertiary/aromatic N) is 2. The molecule has 0 aliphatic carbocycles. The average Bonchev–Trinajstić information content (AvgIpc) is 2.76. The van der Waals surface area contributed by atoms with Crippen molar-refractivity contribution in [3.8, 4) is 0 Å². The van der Waals surface area contributed by atoms with Crippen LogP contribution in [0.25, 0.3) is 0 Å². The van der Waals surface area contributed by atoms with Crippen molar-refractivity contribution in [3.63, 3.8) is 0 Å². The van der Waals surface area contributed by atoms with Crippen molar-refractivity contribution in [2.75, 3.05) is 0 Å². The van der Waals surface area contributed by atoms with E-state index in [1.54, 1.807) is 0 Å². The average molecular weight is 293 g/mol. The summed E-state index contributed by atoms with van der Waals surface area (Å²) in [4.78, 5) is 0. The highest BCUT2D eigenvalue weighted by molar-refractivity contribution is 5.02. The molecule has 0 aromatic carbocycles. The highest BCUT2D eigenvalue weighted by atomic mass is 15.3. The SMILES string of the molecule is CCC(CC)n1ccc(CC(N)CC(C)CC(C)(C)C)n1. The molecule has 0 bridgehead atoms. The summed E-state index contributed by atoms with van der Waals surface area (Å²) in [6.07, 6.45) is 7.57. The third-order valence-electron chi connectivity index (χ3n) is 4.12. The van der Waals surface area contributed by atoms with E-state index in [0.29, 0.717) is 17.4 Å². The Labute approximate surface area is 131 Å². The predicted octanol–water partition coefficient (Wildman–Crippen LogP) is 4.58. The fraction of sp³-hybridized carbons (Fsp3) is 0.833. The van der Waals surface area contributed by atoms with Gasteiger partial charge in [-0.15, -0.1) is 0 Å². The molecular weight excluding hydrogens is 258 g/mol. The molecule has 1 heterocycles. The first-order chi connectivity index (χ1) is 9.75. The Balaban J connectivity index is 2.50. The lowest BCUT2D eigenvalue weighted by Gasteiger charge is -2.25. The second-order valence-corrected chi connectivity index (χ2v) is 7.83. The first-order valence-corrected chi connectivity index (χ1v) is 8.54. The van der Waals surface area contributed by atoms with Gasteiger partial charge in [0.25, 0.3) is 0 Å². The summed E-state index contributed by atoms with van der Waals surface area (Å²) in [7, 11) is 0. The molecule has 2 atom stereocenters. The van der Waals surface area contributed by atoms with Gasteiger partial charge < -0.3 is 5.73 Å². The minimum Gasteiger partial charge on any atom is -0.327 e. The Morgan fingerprint density at radius 2 is 1.86 bits per heavy atom. The molecule has 0 spiro atoms. The van der Waals surface area contributed by atoms with Crippen LogP contribution in [0.2, 0.25) is 0 Å². The van der Waals surface area contributed by atoms with Gasteiger partial charge in [-0.05, 0) is 43.1 Å². The number of aromatic nitrogens is 2. The maximum Gasteiger partial charge on any atom is 0.0640 e. The molecule has 3 heteroatoms. The first kappa shape index (κ1) is 18.2. The van der Waals surface area contributed by atoms with Crippen LogP contribution < -0.4 is 5.73 Å². The first-order valence-electron chi connectivity index (χ1n) is 8.54. The summed E-state index contributed by atoms with van der Waals surface area (Å²) in [5, 5.41) is 4.71. The topological polar surface area (TPSA) is 43.8 Å². The number of hydrogen-bond donors (Lipinski definition) is 1. The molecule has 0 radical (unpaired) electrons. The highest BCUT2D eigenvalue weighted by Gasteiger charge is 2.18. The van der Waals surface area contributed by atoms with Gasteiger partial charge in [0.15, 0.2) is 0 Å². The second kappa shape index (κ2) is 7.98. The standard InChI is InChI=1S/C18H35N3/c1-7-17(8-2)21-10-9-16(20-21)12-15(19)11-14(3)13-18(4,5)6/h9-10,14-15,17H,7-8,11-13,19H2,1-6H3. The van der Waals surface area contributed by atoms with Crippen molar-refractivity contribution in [1.82, 2.24) is 9.78 Å².